The van der Waals surface area contributed by atoms with Gasteiger partial charge < -0.3 is 9.88 Å². The Morgan fingerprint density at radius 3 is 2.19 bits per heavy atom. The summed E-state index contributed by atoms with van der Waals surface area (Å²) in [5.74, 6) is 0.396. The molecule has 1 heterocycles. The molecule has 3 rings (SSSR count). The third kappa shape index (κ3) is 3.95. The van der Waals surface area contributed by atoms with E-state index in [0.717, 1.165) is 22.2 Å². The number of nitrogens with one attached hydrogen (secondary N) is 1. The first-order valence-electron chi connectivity index (χ1n) is 9.39. The Morgan fingerprint density at radius 1 is 0.926 bits per heavy atom. The van der Waals surface area contributed by atoms with Crippen molar-refractivity contribution in [1.29, 1.82) is 0 Å². The lowest BCUT2D eigenvalue weighted by Crippen LogP contribution is -2.28. The number of amides is 1. The minimum atomic E-state index is -0.192. The van der Waals surface area contributed by atoms with Crippen LogP contribution in [0.2, 0.25) is 0 Å². The molecule has 4 heteroatoms. The van der Waals surface area contributed by atoms with Gasteiger partial charge in [-0.25, -0.2) is 0 Å². The van der Waals surface area contributed by atoms with Gasteiger partial charge in [-0.3, -0.25) is 9.59 Å². The maximum absolute atomic E-state index is 12.7. The second-order valence-electron chi connectivity index (χ2n) is 7.51. The van der Waals surface area contributed by atoms with Gasteiger partial charge >= 0.3 is 0 Å². The molecule has 0 aliphatic rings. The third-order valence-corrected chi connectivity index (χ3v) is 4.84. The normalized spacial score (nSPS) is 11.3. The fraction of sp³-hybridized carbons (Fsp3) is 0.304. The fourth-order valence-corrected chi connectivity index (χ4v) is 3.38. The van der Waals surface area contributed by atoms with Gasteiger partial charge in [-0.2, -0.15) is 0 Å². The third-order valence-electron chi connectivity index (χ3n) is 4.84. The average Bonchev–Trinajstić information content (AvgIpc) is 2.64. The number of fused-ring (bicyclic) bond motifs is 1. The van der Waals surface area contributed by atoms with Crippen LogP contribution in [-0.4, -0.2) is 10.5 Å². The van der Waals surface area contributed by atoms with E-state index in [1.807, 2.05) is 42.5 Å². The van der Waals surface area contributed by atoms with Crippen molar-refractivity contribution in [2.45, 2.75) is 46.1 Å². The molecular formula is C23H26N2O2. The lowest BCUT2D eigenvalue weighted by atomic mass is 9.92. The summed E-state index contributed by atoms with van der Waals surface area (Å²) in [6.45, 7) is 8.45. The van der Waals surface area contributed by atoms with Crippen LogP contribution in [0.5, 0.6) is 0 Å². The molecule has 1 N–H and O–H groups in total. The first-order valence-corrected chi connectivity index (χ1v) is 9.39. The van der Waals surface area contributed by atoms with Gasteiger partial charge in [0.1, 0.15) is 6.54 Å². The maximum atomic E-state index is 12.7. The molecule has 0 aliphatic heterocycles. The molecular weight excluding hydrogens is 336 g/mol. The van der Waals surface area contributed by atoms with Crippen molar-refractivity contribution >= 4 is 22.4 Å². The number of para-hydroxylation sites is 1. The number of benzene rings is 2. The summed E-state index contributed by atoms with van der Waals surface area (Å²) in [6, 6.07) is 15.4. The lowest BCUT2D eigenvalue weighted by molar-refractivity contribution is -0.116. The van der Waals surface area contributed by atoms with Gasteiger partial charge in [0.25, 0.3) is 5.56 Å². The Labute approximate surface area is 159 Å². The van der Waals surface area contributed by atoms with Crippen molar-refractivity contribution in [2.24, 2.45) is 0 Å². The van der Waals surface area contributed by atoms with E-state index in [1.165, 1.54) is 4.57 Å². The van der Waals surface area contributed by atoms with Gasteiger partial charge in [0, 0.05) is 17.3 Å². The van der Waals surface area contributed by atoms with Crippen LogP contribution in [0.1, 0.15) is 50.7 Å². The van der Waals surface area contributed by atoms with Gasteiger partial charge in [-0.15, -0.1) is 0 Å². The second-order valence-corrected chi connectivity index (χ2v) is 7.51. The molecule has 0 unspecified atom stereocenters. The summed E-state index contributed by atoms with van der Waals surface area (Å²) >= 11 is 0. The first-order chi connectivity index (χ1) is 12.9. The van der Waals surface area contributed by atoms with Crippen LogP contribution < -0.4 is 10.9 Å². The Morgan fingerprint density at radius 2 is 1.56 bits per heavy atom. The molecule has 0 radical (unpaired) electrons. The molecule has 0 aliphatic carbocycles. The number of nitrogens with zero attached hydrogens (tertiary/aromatic N) is 1. The SMILES string of the molecule is CC(C)c1cccc(C(C)C)c1NC(=O)Cn1ccc2ccccc2c1=O. The van der Waals surface area contributed by atoms with Crippen molar-refractivity contribution in [2.75, 3.05) is 5.32 Å². The van der Waals surface area contributed by atoms with Gasteiger partial charge in [0.2, 0.25) is 5.91 Å². The van der Waals surface area contributed by atoms with Crippen molar-refractivity contribution in [3.63, 3.8) is 0 Å². The lowest BCUT2D eigenvalue weighted by Gasteiger charge is -2.20. The molecule has 0 fully saturated rings. The van der Waals surface area contributed by atoms with E-state index in [4.69, 9.17) is 0 Å². The Balaban J connectivity index is 1.91. The average molecular weight is 362 g/mol. The Bertz CT molecular complexity index is 1010. The number of carbonyl (C=O) groups is 1. The zero-order chi connectivity index (χ0) is 19.6. The maximum Gasteiger partial charge on any atom is 0.258 e. The predicted octanol–water partition coefficient (Wildman–Crippen LogP) is 4.89. The van der Waals surface area contributed by atoms with E-state index in [1.54, 1.807) is 12.3 Å². The van der Waals surface area contributed by atoms with Crippen molar-refractivity contribution < 1.29 is 4.79 Å². The molecule has 0 saturated carbocycles. The molecule has 0 bridgehead atoms. The quantitative estimate of drug-likeness (QED) is 0.703. The molecule has 4 nitrogen and oxygen atoms in total. The molecule has 0 atom stereocenters. The zero-order valence-electron chi connectivity index (χ0n) is 16.3. The zero-order valence-corrected chi connectivity index (χ0v) is 16.3. The highest BCUT2D eigenvalue weighted by atomic mass is 16.2. The standard InChI is InChI=1S/C23H26N2O2/c1-15(2)18-10-7-11-19(16(3)4)22(18)24-21(26)14-25-13-12-17-8-5-6-9-20(17)23(25)27/h5-13,15-16H,14H2,1-4H3,(H,24,26). The van der Waals surface area contributed by atoms with E-state index in [2.05, 4.69) is 33.0 Å². The summed E-state index contributed by atoms with van der Waals surface area (Å²) in [4.78, 5) is 25.4. The summed E-state index contributed by atoms with van der Waals surface area (Å²) in [5.41, 5.74) is 2.95. The summed E-state index contributed by atoms with van der Waals surface area (Å²) < 4.78 is 1.46. The molecule has 140 valence electrons. The minimum Gasteiger partial charge on any atom is -0.324 e. The molecule has 0 spiro atoms. The largest absolute Gasteiger partial charge is 0.324 e. The molecule has 0 saturated heterocycles. The fourth-order valence-electron chi connectivity index (χ4n) is 3.38. The highest BCUT2D eigenvalue weighted by Crippen LogP contribution is 2.32. The number of anilines is 1. The predicted molar refractivity (Wildman–Crippen MR) is 111 cm³/mol. The van der Waals surface area contributed by atoms with Gasteiger partial charge in [0.15, 0.2) is 0 Å². The topological polar surface area (TPSA) is 51.1 Å². The van der Waals surface area contributed by atoms with Crippen LogP contribution in [0.3, 0.4) is 0 Å². The van der Waals surface area contributed by atoms with E-state index in [0.29, 0.717) is 17.2 Å². The van der Waals surface area contributed by atoms with Crippen LogP contribution in [0.4, 0.5) is 5.69 Å². The molecule has 27 heavy (non-hydrogen) atoms. The highest BCUT2D eigenvalue weighted by molar-refractivity contribution is 5.93. The summed E-state index contributed by atoms with van der Waals surface area (Å²) in [5, 5.41) is 4.57. The molecule has 3 aromatic rings. The number of carbonyl (C=O) groups excluding carboxylic acids is 1. The Hall–Kier alpha value is -2.88. The van der Waals surface area contributed by atoms with E-state index >= 15 is 0 Å². The monoisotopic (exact) mass is 362 g/mol. The molecule has 1 amide bonds. The van der Waals surface area contributed by atoms with Crippen molar-refractivity contribution in [3.8, 4) is 0 Å². The Kier molecular flexibility index (Phi) is 5.45. The summed E-state index contributed by atoms with van der Waals surface area (Å²) in [7, 11) is 0. The summed E-state index contributed by atoms with van der Waals surface area (Å²) in [6.07, 6.45) is 1.68. The van der Waals surface area contributed by atoms with Crippen LogP contribution in [0.15, 0.2) is 59.5 Å². The van der Waals surface area contributed by atoms with Crippen LogP contribution in [0, 0.1) is 0 Å². The van der Waals surface area contributed by atoms with Crippen LogP contribution in [-0.2, 0) is 11.3 Å². The highest BCUT2D eigenvalue weighted by Gasteiger charge is 2.16. The number of rotatable bonds is 5. The van der Waals surface area contributed by atoms with E-state index in [-0.39, 0.29) is 18.0 Å². The number of aromatic nitrogens is 1. The second kappa shape index (κ2) is 7.78. The van der Waals surface area contributed by atoms with E-state index < -0.39 is 0 Å². The first kappa shape index (κ1) is 18.9. The van der Waals surface area contributed by atoms with Gasteiger partial charge in [-0.05, 0) is 40.5 Å². The smallest absolute Gasteiger partial charge is 0.258 e. The van der Waals surface area contributed by atoms with Gasteiger partial charge in [0.05, 0.1) is 0 Å². The number of hydrogen-bond acceptors (Lipinski definition) is 2. The van der Waals surface area contributed by atoms with Crippen LogP contribution >= 0.6 is 0 Å². The van der Waals surface area contributed by atoms with Crippen LogP contribution in [0.25, 0.3) is 10.8 Å². The minimum absolute atomic E-state index is 0.00632. The van der Waals surface area contributed by atoms with Crippen molar-refractivity contribution in [1.82, 2.24) is 4.57 Å². The molecule has 1 aromatic heterocycles. The van der Waals surface area contributed by atoms with E-state index in [9.17, 15) is 9.59 Å². The molecule has 2 aromatic carbocycles. The number of hydrogen-bond donors (Lipinski definition) is 1. The van der Waals surface area contributed by atoms with Gasteiger partial charge in [-0.1, -0.05) is 64.1 Å². The number of pyridine rings is 1. The van der Waals surface area contributed by atoms with Crippen molar-refractivity contribution in [3.05, 3.63) is 76.2 Å².